The molecule has 0 fully saturated rings. The average Bonchev–Trinajstić information content (AvgIpc) is 3.20. The average molecular weight is 748 g/mol. The van der Waals surface area contributed by atoms with E-state index in [0.29, 0.717) is 5.56 Å². The summed E-state index contributed by atoms with van der Waals surface area (Å²) in [5.41, 5.74) is -0.490. The second-order valence-electron chi connectivity index (χ2n) is 13.3. The number of nitrogens with zero attached hydrogens (tertiary/aromatic N) is 3. The Balaban J connectivity index is 1.30. The van der Waals surface area contributed by atoms with Gasteiger partial charge in [-0.1, -0.05) is 145 Å². The minimum Gasteiger partial charge on any atom is -0.309 e. The van der Waals surface area contributed by atoms with Gasteiger partial charge >= 0.3 is 0 Å². The Kier molecular flexibility index (Phi) is 3.72. The zero-order valence-electron chi connectivity index (χ0n) is 51.3. The van der Waals surface area contributed by atoms with E-state index in [-0.39, 0.29) is 27.5 Å². The van der Waals surface area contributed by atoms with Crippen LogP contribution in [0.3, 0.4) is 0 Å². The lowest BCUT2D eigenvalue weighted by atomic mass is 9.99. The van der Waals surface area contributed by atoms with Crippen molar-refractivity contribution in [1.29, 1.82) is 0 Å². The van der Waals surface area contributed by atoms with Gasteiger partial charge in [0.15, 0.2) is 0 Å². The van der Waals surface area contributed by atoms with Crippen molar-refractivity contribution in [3.63, 3.8) is 0 Å². The van der Waals surface area contributed by atoms with Crippen LogP contribution in [-0.4, -0.2) is 13.7 Å². The van der Waals surface area contributed by atoms with E-state index < -0.39 is 188 Å². The van der Waals surface area contributed by atoms with Gasteiger partial charge in [0, 0.05) is 43.7 Å². The first-order chi connectivity index (χ1) is 37.5. The number of benzene rings is 9. The molecule has 0 aliphatic heterocycles. The molecule has 0 saturated heterocycles. The molecule has 266 valence electrons. The normalized spacial score (nSPS) is 17.3. The molecule has 0 amide bonds. The van der Waals surface area contributed by atoms with Gasteiger partial charge < -0.3 is 13.7 Å². The van der Waals surface area contributed by atoms with Crippen LogP contribution in [0, 0.1) is 0 Å². The van der Waals surface area contributed by atoms with E-state index in [4.69, 9.17) is 13.7 Å². The second-order valence-corrected chi connectivity index (χ2v) is 13.3. The molecule has 3 heteroatoms. The Hall–Kier alpha value is -7.62. The molecule has 57 heavy (non-hydrogen) atoms. The van der Waals surface area contributed by atoms with Gasteiger partial charge in [-0.3, -0.25) is 0 Å². The summed E-state index contributed by atoms with van der Waals surface area (Å²) in [7, 11) is 0. The highest BCUT2D eigenvalue weighted by atomic mass is 15.0. The smallest absolute Gasteiger partial charge is 0.0667 e. The van der Waals surface area contributed by atoms with Crippen LogP contribution in [-0.2, 0) is 0 Å². The molecule has 12 aromatic rings. The standard InChI is InChI=1S/C54H35N3/c1-2-15-36(16-3-1)37-17-12-18-38(33-37)39-19-13-20-40(34-39)56-47-25-8-4-23-44(47)45-32-31-41(35-53(45)56)55-50-28-11-7-24-46(50)54-51(55)29-14-30-52(54)57-48-26-9-5-21-42(48)43-22-6-10-27-49(43)57/h1-35H/i4D,5D,6D,7D,8D,9D,10D,11D,14D,21D,22D,23D,24D,25D,26D,27D,28D,29D,30D,31D,32D,35D. The summed E-state index contributed by atoms with van der Waals surface area (Å²) in [5, 5.41) is -2.35. The third-order valence-corrected chi connectivity index (χ3v) is 10.2. The maximum Gasteiger partial charge on any atom is 0.0667 e. The van der Waals surface area contributed by atoms with Gasteiger partial charge in [-0.15, -0.1) is 0 Å². The van der Waals surface area contributed by atoms with Gasteiger partial charge in [0.1, 0.15) is 0 Å². The van der Waals surface area contributed by atoms with E-state index >= 15 is 0 Å². The van der Waals surface area contributed by atoms with E-state index in [1.54, 1.807) is 18.2 Å². The van der Waals surface area contributed by atoms with Crippen molar-refractivity contribution in [2.24, 2.45) is 0 Å². The maximum atomic E-state index is 10.3. The van der Waals surface area contributed by atoms with Crippen LogP contribution in [0.1, 0.15) is 30.2 Å². The Bertz CT molecular complexity index is 4730. The van der Waals surface area contributed by atoms with Crippen molar-refractivity contribution < 1.29 is 30.2 Å². The first kappa shape index (κ1) is 17.0. The van der Waals surface area contributed by atoms with Gasteiger partial charge in [0.25, 0.3) is 0 Å². The molecule has 0 unspecified atom stereocenters. The topological polar surface area (TPSA) is 14.8 Å². The van der Waals surface area contributed by atoms with Crippen molar-refractivity contribution in [2.75, 3.05) is 0 Å². The van der Waals surface area contributed by atoms with Gasteiger partial charge in [0.2, 0.25) is 0 Å². The molecule has 0 radical (unpaired) electrons. The fraction of sp³-hybridized carbons (Fsp3) is 0. The Morgan fingerprint density at radius 3 is 1.49 bits per heavy atom. The Labute approximate surface area is 360 Å². The molecule has 12 rings (SSSR count). The van der Waals surface area contributed by atoms with Crippen LogP contribution >= 0.6 is 0 Å². The van der Waals surface area contributed by atoms with Crippen molar-refractivity contribution >= 4 is 65.4 Å². The monoisotopic (exact) mass is 747 g/mol. The molecule has 3 nitrogen and oxygen atoms in total. The molecule has 0 spiro atoms. The summed E-state index contributed by atoms with van der Waals surface area (Å²) in [6.07, 6.45) is 0. The Morgan fingerprint density at radius 1 is 0.316 bits per heavy atom. The van der Waals surface area contributed by atoms with E-state index in [2.05, 4.69) is 0 Å². The van der Waals surface area contributed by atoms with Crippen molar-refractivity contribution in [1.82, 2.24) is 13.7 Å². The molecule has 3 heterocycles. The molecule has 0 N–H and O–H groups in total. The Morgan fingerprint density at radius 2 is 0.807 bits per heavy atom. The summed E-state index contributed by atoms with van der Waals surface area (Å²) in [5.74, 6) is 0. The molecule has 0 atom stereocenters. The number of aromatic nitrogens is 3. The number of fused-ring (bicyclic) bond motifs is 9. The summed E-state index contributed by atoms with van der Waals surface area (Å²) < 4.78 is 206. The fourth-order valence-corrected chi connectivity index (χ4v) is 7.80. The van der Waals surface area contributed by atoms with Gasteiger partial charge in [-0.2, -0.15) is 0 Å². The first-order valence-electron chi connectivity index (χ1n) is 28.8. The third-order valence-electron chi connectivity index (χ3n) is 10.2. The van der Waals surface area contributed by atoms with Gasteiger partial charge in [-0.25, -0.2) is 0 Å². The lowest BCUT2D eigenvalue weighted by Gasteiger charge is -2.13. The van der Waals surface area contributed by atoms with Crippen molar-refractivity contribution in [3.05, 3.63) is 212 Å². The van der Waals surface area contributed by atoms with Crippen LogP contribution in [0.15, 0.2) is 212 Å². The molecule has 0 bridgehead atoms. The molecular formula is C54H35N3. The molecule has 0 aliphatic rings. The number of para-hydroxylation sites is 4. The predicted octanol–water partition coefficient (Wildman–Crippen LogP) is 14.3. The third kappa shape index (κ3) is 4.79. The predicted molar refractivity (Wildman–Crippen MR) is 240 cm³/mol. The van der Waals surface area contributed by atoms with E-state index in [9.17, 15) is 16.4 Å². The summed E-state index contributed by atoms with van der Waals surface area (Å²) in [6, 6.07) is 6.95. The summed E-state index contributed by atoms with van der Waals surface area (Å²) >= 11 is 0. The van der Waals surface area contributed by atoms with Crippen molar-refractivity contribution in [2.45, 2.75) is 0 Å². The summed E-state index contributed by atoms with van der Waals surface area (Å²) in [4.78, 5) is 0. The highest BCUT2D eigenvalue weighted by Crippen LogP contribution is 2.41. The van der Waals surface area contributed by atoms with Gasteiger partial charge in [0.05, 0.1) is 68.9 Å². The van der Waals surface area contributed by atoms with Crippen LogP contribution < -0.4 is 0 Å². The quantitative estimate of drug-likeness (QED) is 0.167. The lowest BCUT2D eigenvalue weighted by Crippen LogP contribution is -1.98. The SMILES string of the molecule is [2H]c1c([2H])c([2H])c2c(c1[2H])c1c([2H])c([2H])c(-n3c4c([2H])c([2H])c([2H])c([2H])c4c4c(-n5c6c([2H])c([2H])c([2H])c([2H])c6c6c([2H])c([2H])c([2H])c([2H])c65)c([2H])c([2H])c([2H])c43)c([2H])c1n2-c1cccc(-c2cccc(-c3ccccc3)c2)c1. The number of rotatable bonds is 5. The molecule has 9 aromatic carbocycles. The zero-order chi connectivity index (χ0) is 56.6. The van der Waals surface area contributed by atoms with Crippen LogP contribution in [0.25, 0.3) is 105 Å². The molecule has 0 aliphatic carbocycles. The highest BCUT2D eigenvalue weighted by Gasteiger charge is 2.21. The maximum absolute atomic E-state index is 10.3. The molecule has 0 saturated carbocycles. The minimum absolute atomic E-state index is 0.185. The summed E-state index contributed by atoms with van der Waals surface area (Å²) in [6.45, 7) is 0. The highest BCUT2D eigenvalue weighted by molar-refractivity contribution is 6.17. The number of hydrogen-bond donors (Lipinski definition) is 0. The van der Waals surface area contributed by atoms with Crippen LogP contribution in [0.5, 0.6) is 0 Å². The van der Waals surface area contributed by atoms with Crippen molar-refractivity contribution in [3.8, 4) is 39.3 Å². The second kappa shape index (κ2) is 12.5. The molecular weight excluding hydrogens is 691 g/mol. The first-order valence-corrected chi connectivity index (χ1v) is 17.8. The minimum atomic E-state index is -0.936. The molecule has 3 aromatic heterocycles. The van der Waals surface area contributed by atoms with Gasteiger partial charge in [-0.05, 0) is 88.8 Å². The zero-order valence-corrected chi connectivity index (χ0v) is 29.3. The van der Waals surface area contributed by atoms with E-state index in [1.807, 2.05) is 60.7 Å². The lowest BCUT2D eigenvalue weighted by molar-refractivity contribution is 1.15. The number of hydrogen-bond acceptors (Lipinski definition) is 0. The van der Waals surface area contributed by atoms with E-state index in [0.717, 1.165) is 25.8 Å². The van der Waals surface area contributed by atoms with Crippen LogP contribution in [0.4, 0.5) is 0 Å². The van der Waals surface area contributed by atoms with E-state index in [1.165, 1.54) is 4.57 Å². The fourth-order valence-electron chi connectivity index (χ4n) is 7.80. The largest absolute Gasteiger partial charge is 0.309 e. The van der Waals surface area contributed by atoms with Crippen LogP contribution in [0.2, 0.25) is 0 Å².